The zero-order valence-corrected chi connectivity index (χ0v) is 14.7. The van der Waals surface area contributed by atoms with Crippen molar-refractivity contribution in [3.05, 3.63) is 23.6 Å². The number of rotatable bonds is 5. The highest BCUT2D eigenvalue weighted by Crippen LogP contribution is 2.31. The molecule has 8 heteroatoms. The van der Waals surface area contributed by atoms with Crippen LogP contribution in [-0.4, -0.2) is 47.5 Å². The van der Waals surface area contributed by atoms with Crippen LogP contribution in [0.5, 0.6) is 0 Å². The number of nitrogens with zero attached hydrogens (tertiary/aromatic N) is 2. The second-order valence-corrected chi connectivity index (χ2v) is 7.19. The highest BCUT2D eigenvalue weighted by atomic mass is 16.4. The van der Waals surface area contributed by atoms with Crippen LogP contribution in [0.3, 0.4) is 0 Å². The molecule has 0 aromatic carbocycles. The summed E-state index contributed by atoms with van der Waals surface area (Å²) in [5, 5.41) is 6.90. The molecule has 1 atom stereocenters. The van der Waals surface area contributed by atoms with Gasteiger partial charge in [-0.3, -0.25) is 4.79 Å². The molecule has 0 unspecified atom stereocenters. The average Bonchev–Trinajstić information content (AvgIpc) is 3.19. The number of carbonyl (C=O) groups is 2. The van der Waals surface area contributed by atoms with Crippen LogP contribution < -0.4 is 16.4 Å². The lowest BCUT2D eigenvalue weighted by Gasteiger charge is -2.17. The first-order valence-electron chi connectivity index (χ1n) is 9.00. The maximum absolute atomic E-state index is 12.7. The second-order valence-electron chi connectivity index (χ2n) is 7.19. The molecular weight excluding hydrogens is 334 g/mol. The number of amides is 3. The third-order valence-corrected chi connectivity index (χ3v) is 5.02. The van der Waals surface area contributed by atoms with E-state index in [1.165, 1.54) is 12.8 Å². The average molecular weight is 357 g/mol. The molecule has 8 nitrogen and oxygen atoms in total. The molecule has 2 aromatic heterocycles. The number of likely N-dealkylation sites (tertiary alicyclic amines) is 1. The van der Waals surface area contributed by atoms with Crippen molar-refractivity contribution in [3.8, 4) is 0 Å². The molecule has 1 saturated carbocycles. The molecule has 3 heterocycles. The SMILES string of the molecule is Cc1ccc2c(NC(=O)N3CC[C@@H](NCC4CC4)C3)c(C(N)=O)oc2n1. The Morgan fingerprint density at radius 3 is 2.88 bits per heavy atom. The second kappa shape index (κ2) is 6.60. The lowest BCUT2D eigenvalue weighted by molar-refractivity contribution is 0.0977. The van der Waals surface area contributed by atoms with E-state index in [1.54, 1.807) is 17.0 Å². The molecule has 0 radical (unpaired) electrons. The van der Waals surface area contributed by atoms with Crippen molar-refractivity contribution >= 4 is 28.7 Å². The predicted octanol–water partition coefficient (Wildman–Crippen LogP) is 1.84. The summed E-state index contributed by atoms with van der Waals surface area (Å²) in [5.41, 5.74) is 6.74. The molecule has 138 valence electrons. The van der Waals surface area contributed by atoms with Crippen molar-refractivity contribution in [2.24, 2.45) is 11.7 Å². The number of anilines is 1. The van der Waals surface area contributed by atoms with Crippen LogP contribution in [0.15, 0.2) is 16.5 Å². The normalized spacial score (nSPS) is 19.9. The van der Waals surface area contributed by atoms with E-state index < -0.39 is 5.91 Å². The van der Waals surface area contributed by atoms with Crippen molar-refractivity contribution in [3.63, 3.8) is 0 Å². The summed E-state index contributed by atoms with van der Waals surface area (Å²) in [6.45, 7) is 4.18. The summed E-state index contributed by atoms with van der Waals surface area (Å²) in [6, 6.07) is 3.63. The van der Waals surface area contributed by atoms with Gasteiger partial charge in [0.15, 0.2) is 0 Å². The van der Waals surface area contributed by atoms with Gasteiger partial charge in [-0.15, -0.1) is 0 Å². The third-order valence-electron chi connectivity index (χ3n) is 5.02. The van der Waals surface area contributed by atoms with E-state index in [2.05, 4.69) is 15.6 Å². The van der Waals surface area contributed by atoms with Crippen molar-refractivity contribution in [2.75, 3.05) is 25.0 Å². The number of aromatic nitrogens is 1. The van der Waals surface area contributed by atoms with Gasteiger partial charge in [-0.25, -0.2) is 9.78 Å². The van der Waals surface area contributed by atoms with E-state index in [4.69, 9.17) is 10.2 Å². The fourth-order valence-electron chi connectivity index (χ4n) is 3.32. The lowest BCUT2D eigenvalue weighted by atomic mass is 10.2. The first-order chi connectivity index (χ1) is 12.5. The number of aryl methyl sites for hydroxylation is 1. The monoisotopic (exact) mass is 357 g/mol. The third kappa shape index (κ3) is 3.37. The predicted molar refractivity (Wildman–Crippen MR) is 97.0 cm³/mol. The van der Waals surface area contributed by atoms with E-state index >= 15 is 0 Å². The number of hydrogen-bond acceptors (Lipinski definition) is 5. The maximum Gasteiger partial charge on any atom is 0.322 e. The Morgan fingerprint density at radius 2 is 2.15 bits per heavy atom. The smallest absolute Gasteiger partial charge is 0.322 e. The highest BCUT2D eigenvalue weighted by Gasteiger charge is 2.30. The molecule has 3 amide bonds. The topological polar surface area (TPSA) is 113 Å². The zero-order valence-electron chi connectivity index (χ0n) is 14.7. The van der Waals surface area contributed by atoms with Crippen molar-refractivity contribution in [1.29, 1.82) is 0 Å². The van der Waals surface area contributed by atoms with Crippen LogP contribution in [0.4, 0.5) is 10.5 Å². The van der Waals surface area contributed by atoms with Gasteiger partial charge in [0.2, 0.25) is 11.5 Å². The number of furan rings is 1. The number of fused-ring (bicyclic) bond motifs is 1. The molecule has 1 aliphatic heterocycles. The molecule has 2 aliphatic rings. The zero-order chi connectivity index (χ0) is 18.3. The molecule has 1 aliphatic carbocycles. The first-order valence-corrected chi connectivity index (χ1v) is 9.00. The molecule has 0 spiro atoms. The van der Waals surface area contributed by atoms with Crippen LogP contribution in [0.2, 0.25) is 0 Å². The quantitative estimate of drug-likeness (QED) is 0.755. The van der Waals surface area contributed by atoms with Crippen molar-refractivity contribution in [1.82, 2.24) is 15.2 Å². The van der Waals surface area contributed by atoms with Gasteiger partial charge in [0.05, 0.1) is 5.39 Å². The number of primary amides is 1. The Balaban J connectivity index is 1.48. The van der Waals surface area contributed by atoms with Crippen molar-refractivity contribution in [2.45, 2.75) is 32.2 Å². The lowest BCUT2D eigenvalue weighted by Crippen LogP contribution is -2.38. The van der Waals surface area contributed by atoms with Gasteiger partial charge in [-0.1, -0.05) is 0 Å². The van der Waals surface area contributed by atoms with Gasteiger partial charge in [-0.2, -0.15) is 0 Å². The summed E-state index contributed by atoms with van der Waals surface area (Å²) in [5.74, 6) is -0.000315. The molecule has 0 bridgehead atoms. The van der Waals surface area contributed by atoms with Crippen LogP contribution in [0.25, 0.3) is 11.1 Å². The molecule has 4 N–H and O–H groups in total. The van der Waals surface area contributed by atoms with Gasteiger partial charge < -0.3 is 25.7 Å². The van der Waals surface area contributed by atoms with Crippen LogP contribution in [-0.2, 0) is 0 Å². The Bertz CT molecular complexity index is 858. The summed E-state index contributed by atoms with van der Waals surface area (Å²) in [7, 11) is 0. The molecule has 4 rings (SSSR count). The van der Waals surface area contributed by atoms with Crippen molar-refractivity contribution < 1.29 is 14.0 Å². The fraction of sp³-hybridized carbons (Fsp3) is 0.500. The van der Waals surface area contributed by atoms with Gasteiger partial charge in [0, 0.05) is 24.8 Å². The summed E-state index contributed by atoms with van der Waals surface area (Å²) in [6.07, 6.45) is 3.54. The minimum atomic E-state index is -0.735. The van der Waals surface area contributed by atoms with E-state index in [0.29, 0.717) is 35.9 Å². The van der Waals surface area contributed by atoms with Crippen LogP contribution in [0, 0.1) is 12.8 Å². The molecule has 26 heavy (non-hydrogen) atoms. The van der Waals surface area contributed by atoms with E-state index in [0.717, 1.165) is 24.6 Å². The summed E-state index contributed by atoms with van der Waals surface area (Å²) < 4.78 is 5.47. The van der Waals surface area contributed by atoms with Gasteiger partial charge in [-0.05, 0) is 50.8 Å². The van der Waals surface area contributed by atoms with Crippen LogP contribution >= 0.6 is 0 Å². The maximum atomic E-state index is 12.7. The number of urea groups is 1. The molecule has 2 fully saturated rings. The van der Waals surface area contributed by atoms with Gasteiger partial charge in [0.1, 0.15) is 5.69 Å². The Hall–Kier alpha value is -2.61. The highest BCUT2D eigenvalue weighted by molar-refractivity contribution is 6.09. The van der Waals surface area contributed by atoms with Gasteiger partial charge >= 0.3 is 6.03 Å². The standard InChI is InChI=1S/C18H23N5O3/c1-10-2-5-13-14(15(16(19)24)26-17(13)21-10)22-18(25)23-7-6-12(9-23)20-8-11-3-4-11/h2,5,11-12,20H,3-4,6-9H2,1H3,(H2,19,24)(H,22,25)/t12-/m1/s1. The number of nitrogens with one attached hydrogen (secondary N) is 2. The number of nitrogens with two attached hydrogens (primary N) is 1. The number of carbonyl (C=O) groups excluding carboxylic acids is 2. The minimum absolute atomic E-state index is 0.0749. The summed E-state index contributed by atoms with van der Waals surface area (Å²) >= 11 is 0. The van der Waals surface area contributed by atoms with E-state index in [1.807, 2.05) is 6.92 Å². The fourth-order valence-corrected chi connectivity index (χ4v) is 3.32. The molecular formula is C18H23N5O3. The Labute approximate surface area is 151 Å². The summed E-state index contributed by atoms with van der Waals surface area (Å²) in [4.78, 5) is 30.4. The number of pyridine rings is 1. The van der Waals surface area contributed by atoms with Crippen LogP contribution in [0.1, 0.15) is 35.5 Å². The number of hydrogen-bond donors (Lipinski definition) is 3. The minimum Gasteiger partial charge on any atom is -0.430 e. The largest absolute Gasteiger partial charge is 0.430 e. The first kappa shape index (κ1) is 16.8. The van der Waals surface area contributed by atoms with E-state index in [-0.39, 0.29) is 11.8 Å². The Kier molecular flexibility index (Phi) is 4.28. The van der Waals surface area contributed by atoms with E-state index in [9.17, 15) is 9.59 Å². The molecule has 2 aromatic rings. The van der Waals surface area contributed by atoms with Gasteiger partial charge in [0.25, 0.3) is 5.91 Å². The Morgan fingerprint density at radius 1 is 1.35 bits per heavy atom. The molecule has 1 saturated heterocycles.